The van der Waals surface area contributed by atoms with Crippen LogP contribution in [0.3, 0.4) is 0 Å². The lowest BCUT2D eigenvalue weighted by atomic mass is 10.2. The Hall–Kier alpha value is -2.75. The SMILES string of the molecule is CCOc1c(OC)cc(/C=N\n2c(C(C)C)n[nH]c2=S)cc1[N+](=O)[O-]. The molecule has 0 fully saturated rings. The summed E-state index contributed by atoms with van der Waals surface area (Å²) in [5, 5.41) is 22.4. The van der Waals surface area contributed by atoms with Crippen molar-refractivity contribution in [1.82, 2.24) is 14.9 Å². The van der Waals surface area contributed by atoms with Crippen LogP contribution in [0.1, 0.15) is 38.1 Å². The molecule has 1 heterocycles. The van der Waals surface area contributed by atoms with Gasteiger partial charge in [0, 0.05) is 17.5 Å². The summed E-state index contributed by atoms with van der Waals surface area (Å²) in [5.74, 6) is 1.12. The monoisotopic (exact) mass is 365 g/mol. The number of ether oxygens (including phenoxy) is 2. The number of hydrogen-bond acceptors (Lipinski definition) is 7. The Labute approximate surface area is 149 Å². The van der Waals surface area contributed by atoms with Crippen LogP contribution in [0.5, 0.6) is 11.5 Å². The van der Waals surface area contributed by atoms with E-state index >= 15 is 0 Å². The van der Waals surface area contributed by atoms with Crippen molar-refractivity contribution in [1.29, 1.82) is 0 Å². The highest BCUT2D eigenvalue weighted by molar-refractivity contribution is 7.71. The first-order valence-corrected chi connectivity index (χ1v) is 8.00. The Kier molecular flexibility index (Phi) is 5.86. The quantitative estimate of drug-likeness (QED) is 0.349. The number of methoxy groups -OCH3 is 1. The first kappa shape index (κ1) is 18.6. The second-order valence-electron chi connectivity index (χ2n) is 5.36. The number of benzene rings is 1. The lowest BCUT2D eigenvalue weighted by molar-refractivity contribution is -0.385. The summed E-state index contributed by atoms with van der Waals surface area (Å²) < 4.78 is 12.4. The van der Waals surface area contributed by atoms with Gasteiger partial charge in [-0.3, -0.25) is 15.2 Å². The summed E-state index contributed by atoms with van der Waals surface area (Å²) in [5.41, 5.74) is 0.285. The van der Waals surface area contributed by atoms with E-state index in [0.29, 0.717) is 16.2 Å². The average molecular weight is 365 g/mol. The minimum absolute atomic E-state index is 0.0925. The molecule has 0 aliphatic carbocycles. The molecule has 1 N–H and O–H groups in total. The van der Waals surface area contributed by atoms with Gasteiger partial charge in [0.05, 0.1) is 24.9 Å². The number of nitro benzene ring substituents is 1. The molecular weight excluding hydrogens is 346 g/mol. The molecule has 2 rings (SSSR count). The molecule has 0 unspecified atom stereocenters. The van der Waals surface area contributed by atoms with Gasteiger partial charge in [-0.25, -0.2) is 0 Å². The molecule has 134 valence electrons. The Morgan fingerprint density at radius 2 is 2.24 bits per heavy atom. The summed E-state index contributed by atoms with van der Waals surface area (Å²) in [6.07, 6.45) is 1.46. The Bertz CT molecular complexity index is 856. The lowest BCUT2D eigenvalue weighted by Gasteiger charge is -2.10. The number of hydrogen-bond donors (Lipinski definition) is 1. The van der Waals surface area contributed by atoms with Crippen LogP contribution >= 0.6 is 12.2 Å². The number of nitro groups is 1. The fourth-order valence-electron chi connectivity index (χ4n) is 2.17. The Morgan fingerprint density at radius 1 is 1.52 bits per heavy atom. The smallest absolute Gasteiger partial charge is 0.315 e. The van der Waals surface area contributed by atoms with Gasteiger partial charge < -0.3 is 9.47 Å². The van der Waals surface area contributed by atoms with Gasteiger partial charge in [0.2, 0.25) is 10.5 Å². The van der Waals surface area contributed by atoms with E-state index in [0.717, 1.165) is 0 Å². The highest BCUT2D eigenvalue weighted by atomic mass is 32.1. The molecule has 10 heteroatoms. The lowest BCUT2D eigenvalue weighted by Crippen LogP contribution is -2.03. The Balaban J connectivity index is 2.50. The van der Waals surface area contributed by atoms with Crippen LogP contribution in [0, 0.1) is 14.9 Å². The van der Waals surface area contributed by atoms with E-state index in [1.54, 1.807) is 13.0 Å². The molecule has 1 aromatic carbocycles. The van der Waals surface area contributed by atoms with Crippen molar-refractivity contribution in [3.05, 3.63) is 38.4 Å². The third-order valence-corrected chi connectivity index (χ3v) is 3.54. The van der Waals surface area contributed by atoms with Gasteiger partial charge in [-0.1, -0.05) is 13.8 Å². The van der Waals surface area contributed by atoms with Crippen LogP contribution in [0.15, 0.2) is 17.2 Å². The van der Waals surface area contributed by atoms with E-state index < -0.39 is 4.92 Å². The van der Waals surface area contributed by atoms with Crippen LogP contribution in [-0.2, 0) is 0 Å². The molecule has 0 aliphatic heterocycles. The summed E-state index contributed by atoms with van der Waals surface area (Å²) in [7, 11) is 1.42. The van der Waals surface area contributed by atoms with Crippen LogP contribution in [-0.4, -0.2) is 39.7 Å². The van der Waals surface area contributed by atoms with E-state index in [1.807, 2.05) is 13.8 Å². The first-order valence-electron chi connectivity index (χ1n) is 7.59. The summed E-state index contributed by atoms with van der Waals surface area (Å²) >= 11 is 5.16. The van der Waals surface area contributed by atoms with Gasteiger partial charge in [0.1, 0.15) is 0 Å². The molecule has 0 bridgehead atoms. The summed E-state index contributed by atoms with van der Waals surface area (Å²) in [4.78, 5) is 10.8. The second kappa shape index (κ2) is 7.88. The van der Waals surface area contributed by atoms with Crippen molar-refractivity contribution in [3.8, 4) is 11.5 Å². The predicted octanol–water partition coefficient (Wildman–Crippen LogP) is 3.26. The zero-order valence-electron chi connectivity index (χ0n) is 14.3. The number of nitrogens with zero attached hydrogens (tertiary/aromatic N) is 4. The van der Waals surface area contributed by atoms with Crippen LogP contribution < -0.4 is 9.47 Å². The third kappa shape index (κ3) is 4.02. The van der Waals surface area contributed by atoms with Crippen LogP contribution in [0.2, 0.25) is 0 Å². The van der Waals surface area contributed by atoms with E-state index in [9.17, 15) is 10.1 Å². The maximum atomic E-state index is 11.3. The zero-order chi connectivity index (χ0) is 18.6. The summed E-state index contributed by atoms with van der Waals surface area (Å²) in [6.45, 7) is 5.95. The maximum Gasteiger partial charge on any atom is 0.315 e. The van der Waals surface area contributed by atoms with Crippen LogP contribution in [0.4, 0.5) is 5.69 Å². The Morgan fingerprint density at radius 3 is 2.80 bits per heavy atom. The second-order valence-corrected chi connectivity index (χ2v) is 5.75. The molecule has 1 aromatic heterocycles. The molecule has 0 saturated heterocycles. The van der Waals surface area contributed by atoms with E-state index in [-0.39, 0.29) is 29.7 Å². The van der Waals surface area contributed by atoms with Crippen molar-refractivity contribution < 1.29 is 14.4 Å². The number of nitrogens with one attached hydrogen (secondary N) is 1. The minimum atomic E-state index is -0.520. The van der Waals surface area contributed by atoms with Crippen molar-refractivity contribution in [2.75, 3.05) is 13.7 Å². The molecule has 0 amide bonds. The third-order valence-electron chi connectivity index (χ3n) is 3.28. The van der Waals surface area contributed by atoms with E-state index in [2.05, 4.69) is 15.3 Å². The predicted molar refractivity (Wildman–Crippen MR) is 95.3 cm³/mol. The van der Waals surface area contributed by atoms with Gasteiger partial charge in [0.15, 0.2) is 11.6 Å². The maximum absolute atomic E-state index is 11.3. The molecule has 0 spiro atoms. The largest absolute Gasteiger partial charge is 0.493 e. The van der Waals surface area contributed by atoms with Gasteiger partial charge in [-0.05, 0) is 25.2 Å². The molecular formula is C15H19N5O4S. The normalized spacial score (nSPS) is 11.2. The molecule has 0 aliphatic rings. The number of H-pyrrole nitrogens is 1. The molecule has 25 heavy (non-hydrogen) atoms. The minimum Gasteiger partial charge on any atom is -0.493 e. The first-order chi connectivity index (χ1) is 11.9. The van der Waals surface area contributed by atoms with E-state index in [1.165, 1.54) is 24.1 Å². The highest BCUT2D eigenvalue weighted by Gasteiger charge is 2.21. The number of aromatic nitrogens is 3. The van der Waals surface area contributed by atoms with Crippen molar-refractivity contribution in [2.24, 2.45) is 5.10 Å². The van der Waals surface area contributed by atoms with Gasteiger partial charge in [-0.15, -0.1) is 0 Å². The molecule has 0 atom stereocenters. The molecule has 2 aromatic rings. The molecule has 0 radical (unpaired) electrons. The fourth-order valence-corrected chi connectivity index (χ4v) is 2.36. The highest BCUT2D eigenvalue weighted by Crippen LogP contribution is 2.37. The molecule has 0 saturated carbocycles. The fraction of sp³-hybridized carbons (Fsp3) is 0.400. The van der Waals surface area contributed by atoms with Gasteiger partial charge in [0.25, 0.3) is 0 Å². The standard InChI is InChI=1S/C15H19N5O4S/c1-5-24-13-11(20(21)22)6-10(7-12(13)23-4)8-16-19-14(9(2)3)17-18-15(19)25/h6-9H,5H2,1-4H3,(H,18,25)/b16-8-. The van der Waals surface area contributed by atoms with Crippen molar-refractivity contribution >= 4 is 24.1 Å². The average Bonchev–Trinajstić information content (AvgIpc) is 2.94. The number of aromatic amines is 1. The molecule has 9 nitrogen and oxygen atoms in total. The summed E-state index contributed by atoms with van der Waals surface area (Å²) in [6, 6.07) is 2.98. The van der Waals surface area contributed by atoms with Gasteiger partial charge >= 0.3 is 5.69 Å². The van der Waals surface area contributed by atoms with Crippen molar-refractivity contribution in [3.63, 3.8) is 0 Å². The van der Waals surface area contributed by atoms with Gasteiger partial charge in [-0.2, -0.15) is 14.9 Å². The van der Waals surface area contributed by atoms with E-state index in [4.69, 9.17) is 21.7 Å². The zero-order valence-corrected chi connectivity index (χ0v) is 15.2. The number of rotatable bonds is 7. The van der Waals surface area contributed by atoms with Crippen molar-refractivity contribution in [2.45, 2.75) is 26.7 Å². The van der Waals surface area contributed by atoms with Crippen LogP contribution in [0.25, 0.3) is 0 Å². The topological polar surface area (TPSA) is 108 Å².